The summed E-state index contributed by atoms with van der Waals surface area (Å²) >= 11 is 0. The normalized spacial score (nSPS) is 10.3. The molecule has 3 aromatic rings. The lowest BCUT2D eigenvalue weighted by atomic mass is 10.1. The molecule has 27 heavy (non-hydrogen) atoms. The van der Waals surface area contributed by atoms with E-state index in [1.807, 2.05) is 50.5 Å². The van der Waals surface area contributed by atoms with Crippen LogP contribution in [0.3, 0.4) is 0 Å². The van der Waals surface area contributed by atoms with Gasteiger partial charge in [0.25, 0.3) is 0 Å². The van der Waals surface area contributed by atoms with Gasteiger partial charge in [0.05, 0.1) is 7.11 Å². The van der Waals surface area contributed by atoms with E-state index in [1.165, 1.54) is 0 Å². The highest BCUT2D eigenvalue weighted by Crippen LogP contribution is 2.20. The fraction of sp³-hybridized carbons (Fsp3) is 0.238. The molecule has 0 spiro atoms. The van der Waals surface area contributed by atoms with Crippen molar-refractivity contribution in [2.24, 2.45) is 0 Å². The molecule has 0 amide bonds. The van der Waals surface area contributed by atoms with Gasteiger partial charge in [0.1, 0.15) is 11.6 Å². The Bertz CT molecular complexity index is 864. The second-order valence-corrected chi connectivity index (χ2v) is 6.32. The Kier molecular flexibility index (Phi) is 6.10. The van der Waals surface area contributed by atoms with E-state index in [-0.39, 0.29) is 0 Å². The van der Waals surface area contributed by atoms with Crippen LogP contribution in [-0.2, 0) is 6.42 Å². The van der Waals surface area contributed by atoms with Gasteiger partial charge in [-0.2, -0.15) is 4.98 Å². The predicted octanol–water partition coefficient (Wildman–Crippen LogP) is 3.95. The maximum atomic E-state index is 5.38. The summed E-state index contributed by atoms with van der Waals surface area (Å²) < 4.78 is 5.38. The van der Waals surface area contributed by atoms with Crippen LogP contribution in [0.15, 0.2) is 60.8 Å². The average Bonchev–Trinajstić information content (AvgIpc) is 2.69. The highest BCUT2D eigenvalue weighted by atomic mass is 16.5. The minimum Gasteiger partial charge on any atom is -0.496 e. The highest BCUT2D eigenvalue weighted by Gasteiger charge is 2.04. The van der Waals surface area contributed by atoms with E-state index < -0.39 is 0 Å². The smallest absolute Gasteiger partial charge is 0.224 e. The second kappa shape index (κ2) is 8.89. The monoisotopic (exact) mass is 363 g/mol. The van der Waals surface area contributed by atoms with E-state index in [2.05, 4.69) is 43.7 Å². The minimum atomic E-state index is 0.597. The molecule has 0 aliphatic rings. The Morgan fingerprint density at radius 3 is 2.52 bits per heavy atom. The summed E-state index contributed by atoms with van der Waals surface area (Å²) in [6.07, 6.45) is 2.58. The molecule has 1 aromatic heterocycles. The van der Waals surface area contributed by atoms with Crippen molar-refractivity contribution in [2.75, 3.05) is 43.3 Å². The van der Waals surface area contributed by atoms with Crippen molar-refractivity contribution in [3.63, 3.8) is 0 Å². The number of hydrogen-bond donors (Lipinski definition) is 2. The third-order valence-electron chi connectivity index (χ3n) is 4.18. The number of para-hydroxylation sites is 1. The van der Waals surface area contributed by atoms with Gasteiger partial charge in [0.2, 0.25) is 5.95 Å². The molecule has 0 fully saturated rings. The molecule has 0 aliphatic heterocycles. The molecule has 0 saturated heterocycles. The van der Waals surface area contributed by atoms with Crippen LogP contribution in [0.1, 0.15) is 5.56 Å². The van der Waals surface area contributed by atoms with Crippen LogP contribution in [0.4, 0.5) is 23.1 Å². The summed E-state index contributed by atoms with van der Waals surface area (Å²) in [5, 5.41) is 6.58. The molecule has 0 aliphatic carbocycles. The molecule has 2 N–H and O–H groups in total. The predicted molar refractivity (Wildman–Crippen MR) is 111 cm³/mol. The summed E-state index contributed by atoms with van der Waals surface area (Å²) in [5.41, 5.74) is 3.30. The van der Waals surface area contributed by atoms with Crippen LogP contribution >= 0.6 is 0 Å². The standard InChI is InChI=1S/C21H25N5O/c1-26(2)18-10-8-17(9-11-18)24-20-13-15-23-21(25-20)22-14-12-16-6-4-5-7-19(16)27-3/h4-11,13,15H,12,14H2,1-3H3,(H2,22,23,24,25). The first-order valence-electron chi connectivity index (χ1n) is 8.89. The first-order chi connectivity index (χ1) is 13.2. The number of nitrogens with zero attached hydrogens (tertiary/aromatic N) is 3. The van der Waals surface area contributed by atoms with Crippen molar-refractivity contribution in [2.45, 2.75) is 6.42 Å². The van der Waals surface area contributed by atoms with E-state index >= 15 is 0 Å². The highest BCUT2D eigenvalue weighted by molar-refractivity contribution is 5.60. The van der Waals surface area contributed by atoms with Gasteiger partial charge in [-0.15, -0.1) is 0 Å². The first kappa shape index (κ1) is 18.5. The molecule has 0 unspecified atom stereocenters. The summed E-state index contributed by atoms with van der Waals surface area (Å²) in [6, 6.07) is 18.1. The zero-order valence-corrected chi connectivity index (χ0v) is 15.9. The molecular weight excluding hydrogens is 338 g/mol. The number of anilines is 4. The lowest BCUT2D eigenvalue weighted by molar-refractivity contribution is 0.410. The Morgan fingerprint density at radius 1 is 1.00 bits per heavy atom. The fourth-order valence-corrected chi connectivity index (χ4v) is 2.72. The second-order valence-electron chi connectivity index (χ2n) is 6.32. The van der Waals surface area contributed by atoms with Crippen molar-refractivity contribution in [3.8, 4) is 5.75 Å². The third-order valence-corrected chi connectivity index (χ3v) is 4.18. The molecule has 0 bridgehead atoms. The molecule has 3 rings (SSSR count). The van der Waals surface area contributed by atoms with Crippen LogP contribution in [0.25, 0.3) is 0 Å². The van der Waals surface area contributed by atoms with Gasteiger partial charge in [0, 0.05) is 38.2 Å². The van der Waals surface area contributed by atoms with Crippen molar-refractivity contribution in [3.05, 3.63) is 66.4 Å². The SMILES string of the molecule is COc1ccccc1CCNc1nccc(Nc2ccc(N(C)C)cc2)n1. The number of benzene rings is 2. The van der Waals surface area contributed by atoms with E-state index in [0.717, 1.165) is 41.5 Å². The lowest BCUT2D eigenvalue weighted by Crippen LogP contribution is -2.09. The zero-order chi connectivity index (χ0) is 19.1. The van der Waals surface area contributed by atoms with Gasteiger partial charge in [0.15, 0.2) is 0 Å². The Labute approximate surface area is 160 Å². The van der Waals surface area contributed by atoms with Gasteiger partial charge < -0.3 is 20.3 Å². The largest absolute Gasteiger partial charge is 0.496 e. The maximum Gasteiger partial charge on any atom is 0.224 e. The molecule has 0 atom stereocenters. The van der Waals surface area contributed by atoms with Gasteiger partial charge in [-0.05, 0) is 48.4 Å². The number of aromatic nitrogens is 2. The number of rotatable bonds is 8. The van der Waals surface area contributed by atoms with E-state index in [1.54, 1.807) is 13.3 Å². The Balaban J connectivity index is 1.58. The van der Waals surface area contributed by atoms with Crippen LogP contribution in [0.2, 0.25) is 0 Å². The maximum absolute atomic E-state index is 5.38. The summed E-state index contributed by atoms with van der Waals surface area (Å²) in [6.45, 7) is 0.724. The number of nitrogens with one attached hydrogen (secondary N) is 2. The summed E-state index contributed by atoms with van der Waals surface area (Å²) in [5.74, 6) is 2.25. The third kappa shape index (κ3) is 5.10. The van der Waals surface area contributed by atoms with Crippen LogP contribution in [-0.4, -0.2) is 37.7 Å². The summed E-state index contributed by atoms with van der Waals surface area (Å²) in [4.78, 5) is 10.9. The molecule has 0 radical (unpaired) electrons. The lowest BCUT2D eigenvalue weighted by Gasteiger charge is -2.13. The number of hydrogen-bond acceptors (Lipinski definition) is 6. The van der Waals surface area contributed by atoms with Crippen molar-refractivity contribution in [1.82, 2.24) is 9.97 Å². The first-order valence-corrected chi connectivity index (χ1v) is 8.89. The van der Waals surface area contributed by atoms with Crippen LogP contribution < -0.4 is 20.3 Å². The van der Waals surface area contributed by atoms with Crippen molar-refractivity contribution in [1.29, 1.82) is 0 Å². The van der Waals surface area contributed by atoms with E-state index in [9.17, 15) is 0 Å². The molecule has 0 saturated carbocycles. The molecule has 6 heteroatoms. The van der Waals surface area contributed by atoms with Crippen LogP contribution in [0, 0.1) is 0 Å². The molecule has 6 nitrogen and oxygen atoms in total. The fourth-order valence-electron chi connectivity index (χ4n) is 2.72. The van der Waals surface area contributed by atoms with E-state index in [0.29, 0.717) is 5.95 Å². The topological polar surface area (TPSA) is 62.3 Å². The minimum absolute atomic E-state index is 0.597. The molecule has 2 aromatic carbocycles. The van der Waals surface area contributed by atoms with Crippen molar-refractivity contribution < 1.29 is 4.74 Å². The van der Waals surface area contributed by atoms with Gasteiger partial charge >= 0.3 is 0 Å². The van der Waals surface area contributed by atoms with Gasteiger partial charge in [-0.1, -0.05) is 18.2 Å². The molecule has 140 valence electrons. The summed E-state index contributed by atoms with van der Waals surface area (Å²) in [7, 11) is 5.74. The zero-order valence-electron chi connectivity index (χ0n) is 15.9. The van der Waals surface area contributed by atoms with Crippen LogP contribution in [0.5, 0.6) is 5.75 Å². The quantitative estimate of drug-likeness (QED) is 0.632. The van der Waals surface area contributed by atoms with Crippen molar-refractivity contribution >= 4 is 23.1 Å². The van der Waals surface area contributed by atoms with E-state index in [4.69, 9.17) is 4.74 Å². The van der Waals surface area contributed by atoms with Gasteiger partial charge in [-0.25, -0.2) is 4.98 Å². The average molecular weight is 363 g/mol. The number of ether oxygens (including phenoxy) is 1. The number of methoxy groups -OCH3 is 1. The van der Waals surface area contributed by atoms with Gasteiger partial charge in [-0.3, -0.25) is 0 Å². The Morgan fingerprint density at radius 2 is 1.78 bits per heavy atom. The molecule has 1 heterocycles. The molecular formula is C21H25N5O. The Hall–Kier alpha value is -3.28.